The van der Waals surface area contributed by atoms with Crippen molar-refractivity contribution in [2.45, 2.75) is 18.6 Å². The molecule has 2 aliphatic rings. The summed E-state index contributed by atoms with van der Waals surface area (Å²) in [6.07, 6.45) is 3.41. The summed E-state index contributed by atoms with van der Waals surface area (Å²) in [6, 6.07) is 10.7. The highest BCUT2D eigenvalue weighted by molar-refractivity contribution is 6.30. The molecule has 7 heteroatoms. The van der Waals surface area contributed by atoms with Crippen LogP contribution in [0, 0.1) is 0 Å². The number of aromatic nitrogens is 1. The number of rotatable bonds is 3. The van der Waals surface area contributed by atoms with Gasteiger partial charge in [0.05, 0.1) is 25.1 Å². The van der Waals surface area contributed by atoms with E-state index in [1.807, 2.05) is 6.07 Å². The number of piperidine rings is 1. The lowest BCUT2D eigenvalue weighted by Gasteiger charge is -2.38. The van der Waals surface area contributed by atoms with E-state index >= 15 is 0 Å². The van der Waals surface area contributed by atoms with Crippen LogP contribution in [0.4, 0.5) is 11.4 Å². The van der Waals surface area contributed by atoms with Gasteiger partial charge >= 0.3 is 0 Å². The minimum atomic E-state index is -0.388. The number of nitrogens with zero attached hydrogens (tertiary/aromatic N) is 2. The van der Waals surface area contributed by atoms with Crippen molar-refractivity contribution < 1.29 is 14.3 Å². The number of carbonyl (C=O) groups excluding carboxylic acids is 1. The zero-order valence-corrected chi connectivity index (χ0v) is 15.0. The van der Waals surface area contributed by atoms with Gasteiger partial charge in [0.1, 0.15) is 5.69 Å². The fourth-order valence-corrected chi connectivity index (χ4v) is 3.55. The summed E-state index contributed by atoms with van der Waals surface area (Å²) in [5.74, 6) is -0.648. The second kappa shape index (κ2) is 7.23. The first-order chi connectivity index (χ1) is 12.6. The summed E-state index contributed by atoms with van der Waals surface area (Å²) in [6.45, 7) is 3.04. The fraction of sp³-hybridized carbons (Fsp3) is 0.368. The van der Waals surface area contributed by atoms with Gasteiger partial charge in [-0.1, -0.05) is 17.7 Å². The van der Waals surface area contributed by atoms with Crippen molar-refractivity contribution in [2.75, 3.05) is 36.5 Å². The molecule has 0 atom stereocenters. The third kappa shape index (κ3) is 3.67. The highest BCUT2D eigenvalue weighted by Crippen LogP contribution is 2.33. The Hall–Kier alpha value is -2.15. The standard InChI is InChI=1S/C19H20ClN3O3/c20-14-2-1-3-15(12-14)22-18(24)17-5-4-16(13-21-17)23-8-6-19(7-9-23)25-10-11-26-19/h1-5,12-13H,6-11H2,(H,22,24). The molecular formula is C19H20ClN3O3. The Morgan fingerprint density at radius 2 is 1.92 bits per heavy atom. The van der Waals surface area contributed by atoms with Gasteiger partial charge in [-0.25, -0.2) is 4.98 Å². The highest BCUT2D eigenvalue weighted by Gasteiger charge is 2.39. The molecule has 0 aliphatic carbocycles. The zero-order valence-electron chi connectivity index (χ0n) is 14.3. The molecule has 2 aromatic rings. The van der Waals surface area contributed by atoms with Gasteiger partial charge < -0.3 is 19.7 Å². The van der Waals surface area contributed by atoms with Crippen molar-refractivity contribution in [2.24, 2.45) is 0 Å². The van der Waals surface area contributed by atoms with E-state index < -0.39 is 0 Å². The molecule has 2 fully saturated rings. The highest BCUT2D eigenvalue weighted by atomic mass is 35.5. The summed E-state index contributed by atoms with van der Waals surface area (Å²) < 4.78 is 11.5. The summed E-state index contributed by atoms with van der Waals surface area (Å²) in [5, 5.41) is 3.37. The molecule has 1 spiro atoms. The first-order valence-electron chi connectivity index (χ1n) is 8.69. The minimum absolute atomic E-state index is 0.260. The maximum atomic E-state index is 12.3. The van der Waals surface area contributed by atoms with Gasteiger partial charge in [0.2, 0.25) is 0 Å². The van der Waals surface area contributed by atoms with E-state index in [2.05, 4.69) is 15.2 Å². The molecule has 136 valence electrons. The molecule has 1 aromatic carbocycles. The zero-order chi connectivity index (χ0) is 18.0. The molecule has 0 unspecified atom stereocenters. The number of amides is 1. The Bertz CT molecular complexity index is 781. The quantitative estimate of drug-likeness (QED) is 0.894. The second-order valence-corrected chi connectivity index (χ2v) is 6.90. The second-order valence-electron chi connectivity index (χ2n) is 6.46. The number of halogens is 1. The van der Waals surface area contributed by atoms with Crippen LogP contribution in [-0.4, -0.2) is 43.0 Å². The van der Waals surface area contributed by atoms with E-state index in [1.54, 1.807) is 36.5 Å². The maximum Gasteiger partial charge on any atom is 0.274 e. The molecule has 1 N–H and O–H groups in total. The van der Waals surface area contributed by atoms with Crippen LogP contribution < -0.4 is 10.2 Å². The lowest BCUT2D eigenvalue weighted by molar-refractivity contribution is -0.169. The Labute approximate surface area is 157 Å². The van der Waals surface area contributed by atoms with Gasteiger partial charge in [-0.15, -0.1) is 0 Å². The SMILES string of the molecule is O=C(Nc1cccc(Cl)c1)c1ccc(N2CCC3(CC2)OCCO3)cn1. The molecule has 4 rings (SSSR count). The van der Waals surface area contributed by atoms with E-state index in [9.17, 15) is 4.79 Å². The number of nitrogens with one attached hydrogen (secondary N) is 1. The van der Waals surface area contributed by atoms with Crippen LogP contribution >= 0.6 is 11.6 Å². The van der Waals surface area contributed by atoms with Crippen molar-refractivity contribution in [3.63, 3.8) is 0 Å². The third-order valence-corrected chi connectivity index (χ3v) is 5.00. The van der Waals surface area contributed by atoms with Crippen LogP contribution in [0.15, 0.2) is 42.6 Å². The van der Waals surface area contributed by atoms with E-state index in [1.165, 1.54) is 0 Å². The summed E-state index contributed by atoms with van der Waals surface area (Å²) >= 11 is 5.94. The van der Waals surface area contributed by atoms with Gasteiger partial charge in [0.15, 0.2) is 5.79 Å². The van der Waals surface area contributed by atoms with Crippen molar-refractivity contribution in [1.29, 1.82) is 0 Å². The Morgan fingerprint density at radius 1 is 1.15 bits per heavy atom. The van der Waals surface area contributed by atoms with Crippen LogP contribution in [0.3, 0.4) is 0 Å². The summed E-state index contributed by atoms with van der Waals surface area (Å²) in [4.78, 5) is 18.9. The summed E-state index contributed by atoms with van der Waals surface area (Å²) in [7, 11) is 0. The van der Waals surface area contributed by atoms with Crippen molar-refractivity contribution in [3.8, 4) is 0 Å². The topological polar surface area (TPSA) is 63.7 Å². The number of benzene rings is 1. The van der Waals surface area contributed by atoms with Crippen molar-refractivity contribution >= 4 is 28.9 Å². The number of hydrogen-bond acceptors (Lipinski definition) is 5. The predicted molar refractivity (Wildman–Crippen MR) is 99.7 cm³/mol. The molecule has 2 saturated heterocycles. The lowest BCUT2D eigenvalue weighted by Crippen LogP contribution is -2.45. The fourth-order valence-electron chi connectivity index (χ4n) is 3.36. The van der Waals surface area contributed by atoms with E-state index in [4.69, 9.17) is 21.1 Å². The smallest absolute Gasteiger partial charge is 0.274 e. The molecule has 3 heterocycles. The first kappa shape index (κ1) is 17.3. The predicted octanol–water partition coefficient (Wildman–Crippen LogP) is 3.33. The number of anilines is 2. The third-order valence-electron chi connectivity index (χ3n) is 4.77. The minimum Gasteiger partial charge on any atom is -0.370 e. The monoisotopic (exact) mass is 373 g/mol. The first-order valence-corrected chi connectivity index (χ1v) is 9.07. The average molecular weight is 374 g/mol. The average Bonchev–Trinajstić information content (AvgIpc) is 3.11. The Kier molecular flexibility index (Phi) is 4.80. The molecule has 2 aliphatic heterocycles. The molecule has 0 radical (unpaired) electrons. The van der Waals surface area contributed by atoms with Gasteiger partial charge in [-0.2, -0.15) is 0 Å². The molecule has 26 heavy (non-hydrogen) atoms. The van der Waals surface area contributed by atoms with Crippen LogP contribution in [0.25, 0.3) is 0 Å². The lowest BCUT2D eigenvalue weighted by atomic mass is 10.0. The van der Waals surface area contributed by atoms with Gasteiger partial charge in [0.25, 0.3) is 5.91 Å². The van der Waals surface area contributed by atoms with Crippen LogP contribution in [-0.2, 0) is 9.47 Å². The van der Waals surface area contributed by atoms with Crippen molar-refractivity contribution in [3.05, 3.63) is 53.3 Å². The molecular weight excluding hydrogens is 354 g/mol. The normalized spacial score (nSPS) is 18.9. The molecule has 0 bridgehead atoms. The molecule has 0 saturated carbocycles. The van der Waals surface area contributed by atoms with Gasteiger partial charge in [-0.05, 0) is 30.3 Å². The Morgan fingerprint density at radius 3 is 2.58 bits per heavy atom. The number of pyridine rings is 1. The van der Waals surface area contributed by atoms with E-state index in [0.29, 0.717) is 29.6 Å². The Balaban J connectivity index is 1.38. The molecule has 1 amide bonds. The van der Waals surface area contributed by atoms with E-state index in [0.717, 1.165) is 31.6 Å². The summed E-state index contributed by atoms with van der Waals surface area (Å²) in [5.41, 5.74) is 2.01. The van der Waals surface area contributed by atoms with Gasteiger partial charge in [0, 0.05) is 36.6 Å². The molecule has 6 nitrogen and oxygen atoms in total. The van der Waals surface area contributed by atoms with E-state index in [-0.39, 0.29) is 11.7 Å². The van der Waals surface area contributed by atoms with Crippen LogP contribution in [0.1, 0.15) is 23.3 Å². The van der Waals surface area contributed by atoms with Crippen molar-refractivity contribution in [1.82, 2.24) is 4.98 Å². The number of ether oxygens (including phenoxy) is 2. The molecule has 1 aromatic heterocycles. The maximum absolute atomic E-state index is 12.3. The number of hydrogen-bond donors (Lipinski definition) is 1. The van der Waals surface area contributed by atoms with Crippen LogP contribution in [0.5, 0.6) is 0 Å². The largest absolute Gasteiger partial charge is 0.370 e. The van der Waals surface area contributed by atoms with Crippen LogP contribution in [0.2, 0.25) is 5.02 Å². The number of carbonyl (C=O) groups is 1. The van der Waals surface area contributed by atoms with Gasteiger partial charge in [-0.3, -0.25) is 4.79 Å².